The summed E-state index contributed by atoms with van der Waals surface area (Å²) in [5.74, 6) is 0.355. The van der Waals surface area contributed by atoms with Crippen molar-refractivity contribution in [2.75, 3.05) is 17.7 Å². The van der Waals surface area contributed by atoms with Gasteiger partial charge in [0.1, 0.15) is 11.4 Å². The fraction of sp³-hybridized carbons (Fsp3) is 0.0526. The summed E-state index contributed by atoms with van der Waals surface area (Å²) < 4.78 is 5.27. The van der Waals surface area contributed by atoms with Gasteiger partial charge in [0.2, 0.25) is 5.95 Å². The molecule has 2 N–H and O–H groups in total. The summed E-state index contributed by atoms with van der Waals surface area (Å²) in [4.78, 5) is 20.8. The Morgan fingerprint density at radius 2 is 2.07 bits per heavy atom. The van der Waals surface area contributed by atoms with Gasteiger partial charge in [-0.1, -0.05) is 17.7 Å². The molecule has 3 rings (SSSR count). The molecule has 1 aromatic heterocycles. The molecule has 27 heavy (non-hydrogen) atoms. The topological polar surface area (TPSA) is 99.9 Å². The van der Waals surface area contributed by atoms with E-state index in [-0.39, 0.29) is 11.6 Å². The van der Waals surface area contributed by atoms with Crippen LogP contribution < -0.4 is 15.4 Å². The summed E-state index contributed by atoms with van der Waals surface area (Å²) in [7, 11) is 1.54. The first-order valence-electron chi connectivity index (χ1n) is 7.84. The van der Waals surface area contributed by atoms with Crippen molar-refractivity contribution in [2.45, 2.75) is 0 Å². The number of methoxy groups -OCH3 is 1. The maximum atomic E-state index is 12.4. The highest BCUT2D eigenvalue weighted by Crippen LogP contribution is 2.29. The van der Waals surface area contributed by atoms with Crippen LogP contribution in [0, 0.1) is 11.3 Å². The summed E-state index contributed by atoms with van der Waals surface area (Å²) in [6, 6.07) is 15.2. The second kappa shape index (κ2) is 8.17. The highest BCUT2D eigenvalue weighted by molar-refractivity contribution is 6.31. The number of carbonyl (C=O) groups excluding carboxylic acids is 1. The van der Waals surface area contributed by atoms with Gasteiger partial charge in [-0.15, -0.1) is 0 Å². The van der Waals surface area contributed by atoms with Crippen molar-refractivity contribution < 1.29 is 9.53 Å². The van der Waals surface area contributed by atoms with E-state index < -0.39 is 5.91 Å². The molecule has 0 fully saturated rings. The molecule has 0 saturated heterocycles. The third-order valence-electron chi connectivity index (χ3n) is 3.55. The van der Waals surface area contributed by atoms with Crippen LogP contribution in [0.2, 0.25) is 5.02 Å². The van der Waals surface area contributed by atoms with Gasteiger partial charge in [0.15, 0.2) is 0 Å². The van der Waals surface area contributed by atoms with Gasteiger partial charge in [-0.25, -0.2) is 9.97 Å². The summed E-state index contributed by atoms with van der Waals surface area (Å²) in [5.41, 5.74) is 1.69. The second-order valence-corrected chi connectivity index (χ2v) is 5.82. The van der Waals surface area contributed by atoms with Crippen LogP contribution in [0.5, 0.6) is 5.75 Å². The quantitative estimate of drug-likeness (QED) is 0.694. The Labute approximate surface area is 160 Å². The number of carbonyl (C=O) groups is 1. The lowest BCUT2D eigenvalue weighted by atomic mass is 10.2. The SMILES string of the molecule is COc1ccc(Cl)cc1Nc1nccc(C(=O)Nc2cccc(C#N)c2)n1. The largest absolute Gasteiger partial charge is 0.495 e. The second-order valence-electron chi connectivity index (χ2n) is 5.38. The standard InChI is InChI=1S/C19H14ClN5O2/c1-27-17-6-5-13(20)10-16(17)25-19-22-8-7-15(24-19)18(26)23-14-4-2-3-12(9-14)11-21/h2-10H,1H3,(H,23,26)(H,22,24,25). The van der Waals surface area contributed by atoms with Gasteiger partial charge in [-0.2, -0.15) is 5.26 Å². The zero-order chi connectivity index (χ0) is 19.2. The number of amides is 1. The Balaban J connectivity index is 1.80. The number of anilines is 3. The molecule has 0 bridgehead atoms. The Hall–Kier alpha value is -3.63. The molecule has 8 heteroatoms. The van der Waals surface area contributed by atoms with Crippen LogP contribution in [-0.2, 0) is 0 Å². The van der Waals surface area contributed by atoms with Gasteiger partial charge >= 0.3 is 0 Å². The fourth-order valence-electron chi connectivity index (χ4n) is 2.31. The van der Waals surface area contributed by atoms with Crippen LogP contribution in [0.1, 0.15) is 16.1 Å². The molecule has 2 aromatic carbocycles. The zero-order valence-corrected chi connectivity index (χ0v) is 15.0. The molecule has 1 amide bonds. The molecule has 0 aliphatic carbocycles. The maximum absolute atomic E-state index is 12.4. The number of halogens is 1. The average molecular weight is 380 g/mol. The van der Waals surface area contributed by atoms with Gasteiger partial charge in [-0.05, 0) is 42.5 Å². The van der Waals surface area contributed by atoms with Crippen molar-refractivity contribution in [1.82, 2.24) is 9.97 Å². The van der Waals surface area contributed by atoms with E-state index in [0.29, 0.717) is 27.7 Å². The molecule has 0 unspecified atom stereocenters. The monoisotopic (exact) mass is 379 g/mol. The zero-order valence-electron chi connectivity index (χ0n) is 14.2. The molecule has 1 heterocycles. The van der Waals surface area contributed by atoms with Crippen molar-refractivity contribution in [3.8, 4) is 11.8 Å². The Morgan fingerprint density at radius 3 is 2.85 bits per heavy atom. The lowest BCUT2D eigenvalue weighted by Crippen LogP contribution is -2.15. The van der Waals surface area contributed by atoms with Gasteiger partial charge in [0.25, 0.3) is 5.91 Å². The highest BCUT2D eigenvalue weighted by atomic mass is 35.5. The van der Waals surface area contributed by atoms with Crippen molar-refractivity contribution >= 4 is 34.8 Å². The van der Waals surface area contributed by atoms with E-state index in [1.54, 1.807) is 42.5 Å². The average Bonchev–Trinajstić information content (AvgIpc) is 2.68. The lowest BCUT2D eigenvalue weighted by molar-refractivity contribution is 0.102. The number of hydrogen-bond acceptors (Lipinski definition) is 6. The molecule has 3 aromatic rings. The van der Waals surface area contributed by atoms with E-state index in [2.05, 4.69) is 20.6 Å². The summed E-state index contributed by atoms with van der Waals surface area (Å²) in [5, 5.41) is 15.1. The molecule has 0 aliphatic heterocycles. The van der Waals surface area contributed by atoms with Gasteiger partial charge in [0.05, 0.1) is 24.4 Å². The van der Waals surface area contributed by atoms with Crippen molar-refractivity contribution in [2.24, 2.45) is 0 Å². The minimum Gasteiger partial charge on any atom is -0.495 e. The minimum atomic E-state index is -0.423. The number of nitrogens with one attached hydrogen (secondary N) is 2. The van der Waals surface area contributed by atoms with Crippen LogP contribution in [0.15, 0.2) is 54.7 Å². The van der Waals surface area contributed by atoms with Crippen LogP contribution >= 0.6 is 11.6 Å². The van der Waals surface area contributed by atoms with Gasteiger partial charge in [0, 0.05) is 16.9 Å². The number of nitrogens with zero attached hydrogens (tertiary/aromatic N) is 3. The third-order valence-corrected chi connectivity index (χ3v) is 3.78. The van der Waals surface area contributed by atoms with Gasteiger partial charge < -0.3 is 15.4 Å². The summed E-state index contributed by atoms with van der Waals surface area (Å²) in [6.07, 6.45) is 1.47. The molecule has 0 radical (unpaired) electrons. The predicted molar refractivity (Wildman–Crippen MR) is 102 cm³/mol. The molecule has 0 aliphatic rings. The molecular formula is C19H14ClN5O2. The molecule has 7 nitrogen and oxygen atoms in total. The van der Waals surface area contributed by atoms with E-state index in [9.17, 15) is 4.79 Å². The van der Waals surface area contributed by atoms with E-state index in [4.69, 9.17) is 21.6 Å². The number of aromatic nitrogens is 2. The molecule has 0 atom stereocenters. The van der Waals surface area contributed by atoms with Crippen LogP contribution in [0.25, 0.3) is 0 Å². The molecule has 0 saturated carbocycles. The third kappa shape index (κ3) is 4.51. The number of hydrogen-bond donors (Lipinski definition) is 2. The molecule has 134 valence electrons. The number of benzene rings is 2. The van der Waals surface area contributed by atoms with E-state index in [0.717, 1.165) is 0 Å². The molecule has 0 spiro atoms. The first-order valence-corrected chi connectivity index (χ1v) is 8.22. The number of rotatable bonds is 5. The maximum Gasteiger partial charge on any atom is 0.274 e. The Morgan fingerprint density at radius 1 is 1.22 bits per heavy atom. The van der Waals surface area contributed by atoms with Gasteiger partial charge in [-0.3, -0.25) is 4.79 Å². The van der Waals surface area contributed by atoms with Crippen LogP contribution in [0.3, 0.4) is 0 Å². The number of nitriles is 1. The summed E-state index contributed by atoms with van der Waals surface area (Å²) in [6.45, 7) is 0. The van der Waals surface area contributed by atoms with E-state index >= 15 is 0 Å². The summed E-state index contributed by atoms with van der Waals surface area (Å²) >= 11 is 6.01. The smallest absolute Gasteiger partial charge is 0.274 e. The van der Waals surface area contributed by atoms with Crippen LogP contribution in [-0.4, -0.2) is 23.0 Å². The number of ether oxygens (including phenoxy) is 1. The Kier molecular flexibility index (Phi) is 5.50. The van der Waals surface area contributed by atoms with E-state index in [1.807, 2.05) is 6.07 Å². The first kappa shape index (κ1) is 18.2. The minimum absolute atomic E-state index is 0.163. The van der Waals surface area contributed by atoms with E-state index in [1.165, 1.54) is 19.4 Å². The van der Waals surface area contributed by atoms with Crippen LogP contribution in [0.4, 0.5) is 17.3 Å². The van der Waals surface area contributed by atoms with Crippen molar-refractivity contribution in [3.63, 3.8) is 0 Å². The Bertz CT molecular complexity index is 1030. The highest BCUT2D eigenvalue weighted by Gasteiger charge is 2.11. The molecular weight excluding hydrogens is 366 g/mol. The normalized spacial score (nSPS) is 9.96. The lowest BCUT2D eigenvalue weighted by Gasteiger charge is -2.11. The predicted octanol–water partition coefficient (Wildman–Crippen LogP) is 4.01. The van der Waals surface area contributed by atoms with Crippen molar-refractivity contribution in [3.05, 3.63) is 71.0 Å². The first-order chi connectivity index (χ1) is 13.1. The van der Waals surface area contributed by atoms with Crippen molar-refractivity contribution in [1.29, 1.82) is 5.26 Å². The fourth-order valence-corrected chi connectivity index (χ4v) is 2.48.